The van der Waals surface area contributed by atoms with Crippen LogP contribution in [-0.2, 0) is 0 Å². The Bertz CT molecular complexity index is 573. The molecule has 1 fully saturated rings. The Labute approximate surface area is 153 Å². The normalized spacial score (nSPS) is 26.5. The molecule has 1 atom stereocenters. The van der Waals surface area contributed by atoms with Crippen LogP contribution in [-0.4, -0.2) is 0 Å². The minimum atomic E-state index is -0.159. The first kappa shape index (κ1) is 18.4. The monoisotopic (exact) mass is 340 g/mol. The van der Waals surface area contributed by atoms with E-state index in [9.17, 15) is 4.39 Å². The van der Waals surface area contributed by atoms with E-state index < -0.39 is 0 Å². The van der Waals surface area contributed by atoms with Crippen molar-refractivity contribution in [1.82, 2.24) is 0 Å². The third kappa shape index (κ3) is 5.30. The van der Waals surface area contributed by atoms with Gasteiger partial charge in [-0.3, -0.25) is 0 Å². The lowest BCUT2D eigenvalue weighted by Crippen LogP contribution is -2.21. The second kappa shape index (κ2) is 9.36. The molecule has 2 aliphatic rings. The molecule has 0 aromatic heterocycles. The van der Waals surface area contributed by atoms with Crippen molar-refractivity contribution in [2.75, 3.05) is 0 Å². The van der Waals surface area contributed by atoms with Crippen LogP contribution in [0.15, 0.2) is 42.5 Å². The highest BCUT2D eigenvalue weighted by molar-refractivity contribution is 5.74. The minimum Gasteiger partial charge on any atom is -0.207 e. The molecule has 0 amide bonds. The van der Waals surface area contributed by atoms with Crippen LogP contribution >= 0.6 is 0 Å². The van der Waals surface area contributed by atoms with E-state index in [1.165, 1.54) is 63.4 Å². The molecule has 1 aromatic carbocycles. The maximum absolute atomic E-state index is 13.1. The summed E-state index contributed by atoms with van der Waals surface area (Å²) in [6, 6.07) is 6.88. The standard InChI is InChI=1S/C24H33F/c1-2-3-4-5-6-19-7-9-20(10-8-19)21-11-13-22(14-12-21)23-15-17-24(25)18-16-23/h11,13-21H,2-10,12H2,1H3. The fraction of sp³-hybridized carbons (Fsp3) is 0.583. The average molecular weight is 341 g/mol. The Hall–Kier alpha value is -1.37. The minimum absolute atomic E-state index is 0.159. The van der Waals surface area contributed by atoms with Gasteiger partial charge in [-0.05, 0) is 60.3 Å². The molecule has 0 heterocycles. The SMILES string of the molecule is CCCCCCC1CCC(C2C=CC(c3ccc(F)cc3)=CC2)CC1. The zero-order chi connectivity index (χ0) is 17.5. The van der Waals surface area contributed by atoms with Crippen molar-refractivity contribution < 1.29 is 4.39 Å². The summed E-state index contributed by atoms with van der Waals surface area (Å²) in [4.78, 5) is 0. The van der Waals surface area contributed by atoms with E-state index in [-0.39, 0.29) is 5.82 Å². The Morgan fingerprint density at radius 3 is 2.36 bits per heavy atom. The molecule has 0 nitrogen and oxygen atoms in total. The van der Waals surface area contributed by atoms with E-state index in [1.807, 2.05) is 12.1 Å². The maximum Gasteiger partial charge on any atom is 0.123 e. The van der Waals surface area contributed by atoms with Gasteiger partial charge in [-0.15, -0.1) is 0 Å². The molecule has 3 rings (SSSR count). The summed E-state index contributed by atoms with van der Waals surface area (Å²) in [5, 5.41) is 0. The summed E-state index contributed by atoms with van der Waals surface area (Å²) in [5.74, 6) is 2.42. The van der Waals surface area contributed by atoms with Crippen LogP contribution in [0.5, 0.6) is 0 Å². The highest BCUT2D eigenvalue weighted by Crippen LogP contribution is 2.39. The van der Waals surface area contributed by atoms with Crippen LogP contribution in [0, 0.1) is 23.6 Å². The van der Waals surface area contributed by atoms with Gasteiger partial charge >= 0.3 is 0 Å². The van der Waals surface area contributed by atoms with E-state index in [2.05, 4.69) is 25.2 Å². The van der Waals surface area contributed by atoms with Gasteiger partial charge in [0.25, 0.3) is 0 Å². The van der Waals surface area contributed by atoms with Crippen molar-refractivity contribution >= 4 is 5.57 Å². The molecule has 0 saturated heterocycles. The average Bonchev–Trinajstić information content (AvgIpc) is 2.67. The largest absolute Gasteiger partial charge is 0.207 e. The maximum atomic E-state index is 13.1. The van der Waals surface area contributed by atoms with Crippen LogP contribution in [0.4, 0.5) is 4.39 Å². The molecule has 2 aliphatic carbocycles. The summed E-state index contributed by atoms with van der Waals surface area (Å²) >= 11 is 0. The quantitative estimate of drug-likeness (QED) is 0.449. The third-order valence-corrected chi connectivity index (χ3v) is 6.27. The Kier molecular flexibility index (Phi) is 6.90. The molecular formula is C24H33F. The molecule has 0 spiro atoms. The predicted molar refractivity (Wildman–Crippen MR) is 106 cm³/mol. The molecular weight excluding hydrogens is 307 g/mol. The van der Waals surface area contributed by atoms with Crippen molar-refractivity contribution in [2.24, 2.45) is 17.8 Å². The summed E-state index contributed by atoms with van der Waals surface area (Å²) in [5.41, 5.74) is 2.38. The van der Waals surface area contributed by atoms with Crippen molar-refractivity contribution in [3.8, 4) is 0 Å². The smallest absolute Gasteiger partial charge is 0.123 e. The number of benzene rings is 1. The fourth-order valence-corrected chi connectivity index (χ4v) is 4.61. The second-order valence-corrected chi connectivity index (χ2v) is 8.06. The summed E-state index contributed by atoms with van der Waals surface area (Å²) < 4.78 is 13.1. The predicted octanol–water partition coefficient (Wildman–Crippen LogP) is 7.56. The van der Waals surface area contributed by atoms with Gasteiger partial charge in [-0.2, -0.15) is 0 Å². The first-order valence-corrected chi connectivity index (χ1v) is 10.4. The Morgan fingerprint density at radius 1 is 0.960 bits per heavy atom. The molecule has 136 valence electrons. The molecule has 1 unspecified atom stereocenters. The van der Waals surface area contributed by atoms with E-state index in [1.54, 1.807) is 12.1 Å². The summed E-state index contributed by atoms with van der Waals surface area (Å²) in [7, 11) is 0. The molecule has 0 radical (unpaired) electrons. The van der Waals surface area contributed by atoms with Crippen molar-refractivity contribution in [2.45, 2.75) is 71.1 Å². The summed E-state index contributed by atoms with van der Waals surface area (Å²) in [6.07, 6.45) is 21.0. The number of hydrogen-bond donors (Lipinski definition) is 0. The lowest BCUT2D eigenvalue weighted by atomic mass is 9.72. The lowest BCUT2D eigenvalue weighted by Gasteiger charge is -2.33. The Balaban J connectivity index is 1.43. The molecule has 25 heavy (non-hydrogen) atoms. The number of rotatable bonds is 7. The van der Waals surface area contributed by atoms with Crippen LogP contribution in [0.25, 0.3) is 5.57 Å². The summed E-state index contributed by atoms with van der Waals surface area (Å²) in [6.45, 7) is 2.29. The molecule has 1 saturated carbocycles. The zero-order valence-electron chi connectivity index (χ0n) is 15.7. The third-order valence-electron chi connectivity index (χ3n) is 6.27. The van der Waals surface area contributed by atoms with Crippen molar-refractivity contribution in [3.63, 3.8) is 0 Å². The van der Waals surface area contributed by atoms with Gasteiger partial charge in [0.1, 0.15) is 5.82 Å². The highest BCUT2D eigenvalue weighted by atomic mass is 19.1. The van der Waals surface area contributed by atoms with E-state index in [4.69, 9.17) is 0 Å². The van der Waals surface area contributed by atoms with Crippen molar-refractivity contribution in [3.05, 3.63) is 53.9 Å². The van der Waals surface area contributed by atoms with E-state index in [0.717, 1.165) is 23.8 Å². The van der Waals surface area contributed by atoms with E-state index >= 15 is 0 Å². The molecule has 1 heteroatoms. The lowest BCUT2D eigenvalue weighted by molar-refractivity contribution is 0.218. The van der Waals surface area contributed by atoms with E-state index in [0.29, 0.717) is 5.92 Å². The van der Waals surface area contributed by atoms with Gasteiger partial charge in [0, 0.05) is 0 Å². The first-order valence-electron chi connectivity index (χ1n) is 10.4. The Morgan fingerprint density at radius 2 is 1.72 bits per heavy atom. The van der Waals surface area contributed by atoms with Gasteiger partial charge in [-0.25, -0.2) is 4.39 Å². The fourth-order valence-electron chi connectivity index (χ4n) is 4.61. The van der Waals surface area contributed by atoms with Crippen LogP contribution in [0.2, 0.25) is 0 Å². The van der Waals surface area contributed by atoms with Crippen LogP contribution < -0.4 is 0 Å². The van der Waals surface area contributed by atoms with Crippen LogP contribution in [0.1, 0.15) is 76.7 Å². The molecule has 0 bridgehead atoms. The highest BCUT2D eigenvalue weighted by Gasteiger charge is 2.26. The number of allylic oxidation sites excluding steroid dienone is 4. The van der Waals surface area contributed by atoms with Gasteiger partial charge in [0.2, 0.25) is 0 Å². The van der Waals surface area contributed by atoms with Gasteiger partial charge < -0.3 is 0 Å². The first-order chi connectivity index (χ1) is 12.3. The van der Waals surface area contributed by atoms with Gasteiger partial charge in [0.15, 0.2) is 0 Å². The topological polar surface area (TPSA) is 0 Å². The number of hydrogen-bond acceptors (Lipinski definition) is 0. The zero-order valence-corrected chi connectivity index (χ0v) is 15.7. The molecule has 1 aromatic rings. The second-order valence-electron chi connectivity index (χ2n) is 8.06. The number of unbranched alkanes of at least 4 members (excludes halogenated alkanes) is 3. The van der Waals surface area contributed by atoms with Crippen molar-refractivity contribution in [1.29, 1.82) is 0 Å². The molecule has 0 N–H and O–H groups in total. The molecule has 0 aliphatic heterocycles. The van der Waals surface area contributed by atoms with Gasteiger partial charge in [0.05, 0.1) is 0 Å². The number of halogens is 1. The van der Waals surface area contributed by atoms with Gasteiger partial charge in [-0.1, -0.05) is 82.2 Å². The van der Waals surface area contributed by atoms with Crippen LogP contribution in [0.3, 0.4) is 0 Å².